The van der Waals surface area contributed by atoms with Gasteiger partial charge in [0.2, 0.25) is 0 Å². The molecular formula is C16H15F2NO2. The lowest BCUT2D eigenvalue weighted by molar-refractivity contribution is 0.102. The number of carbonyl (C=O) groups is 1. The topological polar surface area (TPSA) is 49.3 Å². The van der Waals surface area contributed by atoms with Gasteiger partial charge in [-0.1, -0.05) is 12.1 Å². The van der Waals surface area contributed by atoms with Crippen molar-refractivity contribution in [1.29, 1.82) is 0 Å². The van der Waals surface area contributed by atoms with Crippen molar-refractivity contribution in [2.75, 3.05) is 5.32 Å². The number of nitrogens with one attached hydrogen (secondary N) is 1. The largest absolute Gasteiger partial charge is 0.392 e. The van der Waals surface area contributed by atoms with Gasteiger partial charge >= 0.3 is 0 Å². The summed E-state index contributed by atoms with van der Waals surface area (Å²) in [5.41, 5.74) is 1.87. The predicted octanol–water partition coefficient (Wildman–Crippen LogP) is 3.33. The van der Waals surface area contributed by atoms with E-state index in [0.29, 0.717) is 17.3 Å². The van der Waals surface area contributed by atoms with Crippen molar-refractivity contribution >= 4 is 11.6 Å². The van der Waals surface area contributed by atoms with Gasteiger partial charge in [0.05, 0.1) is 12.2 Å². The summed E-state index contributed by atoms with van der Waals surface area (Å²) in [5, 5.41) is 11.7. The number of aliphatic hydroxyl groups is 1. The van der Waals surface area contributed by atoms with Gasteiger partial charge in [-0.25, -0.2) is 8.78 Å². The van der Waals surface area contributed by atoms with E-state index in [-0.39, 0.29) is 17.7 Å². The van der Waals surface area contributed by atoms with Gasteiger partial charge in [-0.15, -0.1) is 0 Å². The molecule has 0 unspecified atom stereocenters. The molecule has 0 heterocycles. The highest BCUT2D eigenvalue weighted by Crippen LogP contribution is 2.20. The fourth-order valence-corrected chi connectivity index (χ4v) is 1.92. The van der Waals surface area contributed by atoms with Gasteiger partial charge in [0.1, 0.15) is 11.6 Å². The molecule has 3 nitrogen and oxygen atoms in total. The van der Waals surface area contributed by atoms with Gasteiger partial charge in [0, 0.05) is 11.8 Å². The van der Waals surface area contributed by atoms with Crippen LogP contribution in [0.2, 0.25) is 0 Å². The van der Waals surface area contributed by atoms with Gasteiger partial charge < -0.3 is 10.4 Å². The molecule has 0 saturated carbocycles. The summed E-state index contributed by atoms with van der Waals surface area (Å²) in [4.78, 5) is 12.1. The van der Waals surface area contributed by atoms with E-state index in [0.717, 1.165) is 5.56 Å². The molecular weight excluding hydrogens is 276 g/mol. The highest BCUT2D eigenvalue weighted by molar-refractivity contribution is 6.05. The average Bonchev–Trinajstić information content (AvgIpc) is 2.45. The monoisotopic (exact) mass is 291 g/mol. The van der Waals surface area contributed by atoms with Crippen molar-refractivity contribution in [3.63, 3.8) is 0 Å². The molecule has 0 bridgehead atoms. The van der Waals surface area contributed by atoms with E-state index in [9.17, 15) is 13.6 Å². The number of hydrogen-bond acceptors (Lipinski definition) is 2. The molecule has 0 atom stereocenters. The van der Waals surface area contributed by atoms with Crippen molar-refractivity contribution in [1.82, 2.24) is 0 Å². The minimum Gasteiger partial charge on any atom is -0.392 e. The summed E-state index contributed by atoms with van der Waals surface area (Å²) in [7, 11) is 0. The van der Waals surface area contributed by atoms with Gasteiger partial charge in [-0.05, 0) is 42.7 Å². The van der Waals surface area contributed by atoms with Crippen molar-refractivity contribution in [3.8, 4) is 0 Å². The zero-order chi connectivity index (χ0) is 15.6. The van der Waals surface area contributed by atoms with E-state index in [1.807, 2.05) is 0 Å². The van der Waals surface area contributed by atoms with Gasteiger partial charge in [0.15, 0.2) is 0 Å². The van der Waals surface area contributed by atoms with Crippen LogP contribution in [0.5, 0.6) is 0 Å². The maximum absolute atomic E-state index is 13.7. The van der Waals surface area contributed by atoms with E-state index in [2.05, 4.69) is 5.32 Å². The molecule has 0 saturated heterocycles. The van der Waals surface area contributed by atoms with Gasteiger partial charge in [0.25, 0.3) is 5.91 Å². The summed E-state index contributed by atoms with van der Waals surface area (Å²) >= 11 is 0. The van der Waals surface area contributed by atoms with Gasteiger partial charge in [-0.2, -0.15) is 0 Å². The quantitative estimate of drug-likeness (QED) is 0.911. The molecule has 0 aliphatic heterocycles. The minimum absolute atomic E-state index is 0.160. The van der Waals surface area contributed by atoms with E-state index >= 15 is 0 Å². The van der Waals surface area contributed by atoms with E-state index in [1.54, 1.807) is 25.1 Å². The number of anilines is 1. The van der Waals surface area contributed by atoms with Crippen LogP contribution in [0.3, 0.4) is 0 Å². The molecule has 0 radical (unpaired) electrons. The number of hydrogen-bond donors (Lipinski definition) is 2. The Morgan fingerprint density at radius 1 is 1.10 bits per heavy atom. The Labute approximate surface area is 121 Å². The summed E-state index contributed by atoms with van der Waals surface area (Å²) < 4.78 is 26.9. The number of aliphatic hydroxyl groups excluding tert-OH is 1. The van der Waals surface area contributed by atoms with Crippen LogP contribution in [0.15, 0.2) is 30.3 Å². The Morgan fingerprint density at radius 2 is 1.81 bits per heavy atom. The molecule has 0 fully saturated rings. The number of rotatable bonds is 3. The van der Waals surface area contributed by atoms with Crippen molar-refractivity contribution in [2.45, 2.75) is 20.5 Å². The average molecular weight is 291 g/mol. The second-order valence-corrected chi connectivity index (χ2v) is 4.84. The fourth-order valence-electron chi connectivity index (χ4n) is 1.92. The lowest BCUT2D eigenvalue weighted by Crippen LogP contribution is -2.15. The van der Waals surface area contributed by atoms with Crippen LogP contribution in [0.4, 0.5) is 14.5 Å². The van der Waals surface area contributed by atoms with Crippen molar-refractivity contribution in [3.05, 3.63) is 64.2 Å². The first-order valence-corrected chi connectivity index (χ1v) is 6.39. The van der Waals surface area contributed by atoms with Crippen LogP contribution >= 0.6 is 0 Å². The minimum atomic E-state index is -0.911. The first-order valence-electron chi connectivity index (χ1n) is 6.39. The summed E-state index contributed by atoms with van der Waals surface area (Å²) in [6.07, 6.45) is 0. The third-order valence-electron chi connectivity index (χ3n) is 3.23. The van der Waals surface area contributed by atoms with Crippen LogP contribution in [-0.2, 0) is 6.61 Å². The van der Waals surface area contributed by atoms with E-state index in [4.69, 9.17) is 5.11 Å². The number of halogens is 2. The standard InChI is InChI=1S/C16H15F2NO2/c1-9-3-4-11(8-20)6-15(9)19-16(21)12-5-10(2)13(17)7-14(12)18/h3-7,20H,8H2,1-2H3,(H,19,21). The first-order chi connectivity index (χ1) is 9.92. The molecule has 1 amide bonds. The lowest BCUT2D eigenvalue weighted by Gasteiger charge is -2.11. The second-order valence-electron chi connectivity index (χ2n) is 4.84. The maximum atomic E-state index is 13.7. The molecule has 0 aliphatic carbocycles. The molecule has 5 heteroatoms. The normalized spacial score (nSPS) is 10.5. The molecule has 0 spiro atoms. The Morgan fingerprint density at radius 3 is 2.48 bits per heavy atom. The Bertz CT molecular complexity index is 699. The summed E-state index contributed by atoms with van der Waals surface area (Å²) in [6.45, 7) is 3.08. The third kappa shape index (κ3) is 3.25. The highest BCUT2D eigenvalue weighted by Gasteiger charge is 2.15. The maximum Gasteiger partial charge on any atom is 0.258 e. The van der Waals surface area contributed by atoms with Gasteiger partial charge in [-0.3, -0.25) is 4.79 Å². The lowest BCUT2D eigenvalue weighted by atomic mass is 10.1. The predicted molar refractivity (Wildman–Crippen MR) is 76.2 cm³/mol. The SMILES string of the molecule is Cc1cc(C(=O)Nc2cc(CO)ccc2C)c(F)cc1F. The molecule has 2 aromatic carbocycles. The molecule has 2 rings (SSSR count). The Hall–Kier alpha value is -2.27. The Kier molecular flexibility index (Phi) is 4.33. The molecule has 2 N–H and O–H groups in total. The Balaban J connectivity index is 2.32. The molecule has 0 aliphatic rings. The molecule has 21 heavy (non-hydrogen) atoms. The number of benzene rings is 2. The van der Waals surface area contributed by atoms with Crippen LogP contribution in [0, 0.1) is 25.5 Å². The highest BCUT2D eigenvalue weighted by atomic mass is 19.1. The van der Waals surface area contributed by atoms with Crippen LogP contribution in [-0.4, -0.2) is 11.0 Å². The third-order valence-corrected chi connectivity index (χ3v) is 3.23. The molecule has 2 aromatic rings. The van der Waals surface area contributed by atoms with Crippen molar-refractivity contribution in [2.24, 2.45) is 0 Å². The second kappa shape index (κ2) is 6.01. The molecule has 110 valence electrons. The smallest absolute Gasteiger partial charge is 0.258 e. The van der Waals surface area contributed by atoms with Crippen molar-refractivity contribution < 1.29 is 18.7 Å². The number of amides is 1. The van der Waals surface area contributed by atoms with E-state index < -0.39 is 17.5 Å². The fraction of sp³-hybridized carbons (Fsp3) is 0.188. The first kappa shape index (κ1) is 15.1. The summed E-state index contributed by atoms with van der Waals surface area (Å²) in [6, 6.07) is 6.95. The van der Waals surface area contributed by atoms with Crippen LogP contribution in [0.1, 0.15) is 27.0 Å². The number of carbonyl (C=O) groups excluding carboxylic acids is 1. The van der Waals surface area contributed by atoms with E-state index in [1.165, 1.54) is 13.0 Å². The van der Waals surface area contributed by atoms with Crippen LogP contribution < -0.4 is 5.32 Å². The summed E-state index contributed by atoms with van der Waals surface area (Å²) in [5.74, 6) is -2.26. The molecule has 0 aromatic heterocycles. The zero-order valence-corrected chi connectivity index (χ0v) is 11.7. The zero-order valence-electron chi connectivity index (χ0n) is 11.7. The number of aryl methyl sites for hydroxylation is 2. The van der Waals surface area contributed by atoms with Crippen LogP contribution in [0.25, 0.3) is 0 Å².